The molecular formula is C18H19BrN4O3. The zero-order chi connectivity index (χ0) is 18.1. The summed E-state index contributed by atoms with van der Waals surface area (Å²) in [4.78, 5) is 30.6. The lowest BCUT2D eigenvalue weighted by Crippen LogP contribution is -2.45. The van der Waals surface area contributed by atoms with Gasteiger partial charge in [-0.2, -0.15) is 0 Å². The van der Waals surface area contributed by atoms with Gasteiger partial charge in [0.25, 0.3) is 5.91 Å². The number of imidazole rings is 1. The van der Waals surface area contributed by atoms with Crippen molar-refractivity contribution in [1.29, 1.82) is 0 Å². The predicted molar refractivity (Wildman–Crippen MR) is 99.0 cm³/mol. The largest absolute Gasteiger partial charge is 0.482 e. The summed E-state index contributed by atoms with van der Waals surface area (Å²) in [5.74, 6) is 1.23. The molecule has 2 aromatic rings. The van der Waals surface area contributed by atoms with Crippen molar-refractivity contribution in [3.05, 3.63) is 40.4 Å². The third-order valence-corrected chi connectivity index (χ3v) is 5.08. The Labute approximate surface area is 159 Å². The van der Waals surface area contributed by atoms with E-state index in [4.69, 9.17) is 4.74 Å². The Morgan fingerprint density at radius 3 is 3.08 bits per heavy atom. The summed E-state index contributed by atoms with van der Waals surface area (Å²) in [6.45, 7) is 1.25. The molecular weight excluding hydrogens is 400 g/mol. The molecule has 136 valence electrons. The van der Waals surface area contributed by atoms with Crippen molar-refractivity contribution in [2.45, 2.75) is 32.4 Å². The van der Waals surface area contributed by atoms with Gasteiger partial charge in [0, 0.05) is 23.6 Å². The number of nitrogens with zero attached hydrogens (tertiary/aromatic N) is 3. The Balaban J connectivity index is 1.40. The molecule has 0 atom stereocenters. The van der Waals surface area contributed by atoms with E-state index in [-0.39, 0.29) is 25.0 Å². The van der Waals surface area contributed by atoms with Gasteiger partial charge in [0.1, 0.15) is 18.1 Å². The van der Waals surface area contributed by atoms with Crippen molar-refractivity contribution < 1.29 is 14.3 Å². The van der Waals surface area contributed by atoms with Crippen molar-refractivity contribution >= 4 is 33.4 Å². The molecule has 0 aliphatic carbocycles. The van der Waals surface area contributed by atoms with Crippen molar-refractivity contribution in [2.75, 3.05) is 18.1 Å². The molecule has 1 aromatic heterocycles. The van der Waals surface area contributed by atoms with E-state index in [0.29, 0.717) is 18.0 Å². The fraction of sp³-hybridized carbons (Fsp3) is 0.389. The monoisotopic (exact) mass is 418 g/mol. The molecule has 1 aromatic carbocycles. The van der Waals surface area contributed by atoms with Crippen LogP contribution < -0.4 is 15.0 Å². The van der Waals surface area contributed by atoms with Crippen LogP contribution in [-0.4, -0.2) is 34.5 Å². The normalized spacial score (nSPS) is 15.9. The van der Waals surface area contributed by atoms with Crippen molar-refractivity contribution in [1.82, 2.24) is 14.9 Å². The van der Waals surface area contributed by atoms with Crippen LogP contribution >= 0.6 is 15.9 Å². The second kappa shape index (κ2) is 7.11. The van der Waals surface area contributed by atoms with Gasteiger partial charge < -0.3 is 14.6 Å². The summed E-state index contributed by atoms with van der Waals surface area (Å²) in [7, 11) is 0. The Bertz CT molecular complexity index is 841. The lowest BCUT2D eigenvalue weighted by Gasteiger charge is -2.28. The van der Waals surface area contributed by atoms with E-state index in [0.717, 1.165) is 35.4 Å². The highest BCUT2D eigenvalue weighted by Gasteiger charge is 2.27. The van der Waals surface area contributed by atoms with E-state index in [9.17, 15) is 9.59 Å². The Morgan fingerprint density at radius 1 is 1.35 bits per heavy atom. The van der Waals surface area contributed by atoms with E-state index in [1.54, 1.807) is 12.1 Å². The van der Waals surface area contributed by atoms with Gasteiger partial charge in [0.05, 0.1) is 17.9 Å². The summed E-state index contributed by atoms with van der Waals surface area (Å²) in [5.41, 5.74) is 1.46. The molecule has 0 saturated carbocycles. The van der Waals surface area contributed by atoms with E-state index in [1.165, 1.54) is 11.3 Å². The smallest absolute Gasteiger partial charge is 0.265 e. The van der Waals surface area contributed by atoms with E-state index >= 15 is 0 Å². The van der Waals surface area contributed by atoms with Gasteiger partial charge in [-0.15, -0.1) is 0 Å². The molecule has 3 heterocycles. The maximum atomic E-state index is 12.4. The Kier molecular flexibility index (Phi) is 4.67. The maximum absolute atomic E-state index is 12.4. The molecule has 0 bridgehead atoms. The van der Waals surface area contributed by atoms with Crippen molar-refractivity contribution in [3.8, 4) is 5.75 Å². The first-order valence-electron chi connectivity index (χ1n) is 8.64. The summed E-state index contributed by atoms with van der Waals surface area (Å²) in [6, 6.07) is 5.39. The zero-order valence-corrected chi connectivity index (χ0v) is 15.8. The molecule has 2 aliphatic rings. The van der Waals surface area contributed by atoms with Gasteiger partial charge in [0.2, 0.25) is 5.91 Å². The first-order chi connectivity index (χ1) is 12.6. The molecule has 26 heavy (non-hydrogen) atoms. The van der Waals surface area contributed by atoms with Crippen molar-refractivity contribution in [2.24, 2.45) is 0 Å². The minimum atomic E-state index is -0.229. The number of carbonyl (C=O) groups excluding carboxylic acids is 2. The molecule has 2 amide bonds. The number of hydrogen-bond donors (Lipinski definition) is 1. The number of nitrogens with one attached hydrogen (secondary N) is 1. The number of hydrogen-bond acceptors (Lipinski definition) is 4. The fourth-order valence-electron chi connectivity index (χ4n) is 3.30. The van der Waals surface area contributed by atoms with Crippen molar-refractivity contribution in [3.63, 3.8) is 0 Å². The number of benzene rings is 1. The van der Waals surface area contributed by atoms with Crippen LogP contribution in [0.5, 0.6) is 5.75 Å². The molecule has 1 N–H and O–H groups in total. The number of aryl methyl sites for hydroxylation is 2. The number of rotatable bonds is 4. The number of fused-ring (bicyclic) bond motifs is 2. The number of anilines is 1. The van der Waals surface area contributed by atoms with Crippen LogP contribution in [0.3, 0.4) is 0 Å². The maximum Gasteiger partial charge on any atom is 0.265 e. The first-order valence-corrected chi connectivity index (χ1v) is 9.44. The molecule has 8 heteroatoms. The Morgan fingerprint density at radius 2 is 2.23 bits per heavy atom. The standard InChI is InChI=1S/C18H19BrN4O3/c19-12-4-5-14-15(7-12)26-11-18(25)23(14)10-17(24)20-8-13-9-22-6-2-1-3-16(22)21-13/h4-5,7,9H,1-3,6,8,10-11H2,(H,20,24). The van der Waals surface area contributed by atoms with Gasteiger partial charge >= 0.3 is 0 Å². The molecule has 0 saturated heterocycles. The summed E-state index contributed by atoms with van der Waals surface area (Å²) in [6.07, 6.45) is 5.32. The minimum Gasteiger partial charge on any atom is -0.482 e. The minimum absolute atomic E-state index is 0.0373. The molecule has 0 radical (unpaired) electrons. The van der Waals surface area contributed by atoms with Crippen LogP contribution in [0.1, 0.15) is 24.4 Å². The highest BCUT2D eigenvalue weighted by Crippen LogP contribution is 2.34. The number of halogens is 1. The fourth-order valence-corrected chi connectivity index (χ4v) is 3.64. The molecule has 0 fully saturated rings. The molecule has 2 aliphatic heterocycles. The average molecular weight is 419 g/mol. The van der Waals surface area contributed by atoms with Gasteiger partial charge in [-0.1, -0.05) is 15.9 Å². The third-order valence-electron chi connectivity index (χ3n) is 4.59. The lowest BCUT2D eigenvalue weighted by atomic mass is 10.2. The van der Waals surface area contributed by atoms with Crippen LogP contribution in [0.15, 0.2) is 28.9 Å². The molecule has 4 rings (SSSR count). The zero-order valence-electron chi connectivity index (χ0n) is 14.2. The van der Waals surface area contributed by atoms with Crippen LogP contribution in [0, 0.1) is 0 Å². The average Bonchev–Trinajstić information content (AvgIpc) is 3.05. The van der Waals surface area contributed by atoms with Gasteiger partial charge in [-0.3, -0.25) is 14.5 Å². The van der Waals surface area contributed by atoms with Gasteiger partial charge in [0.15, 0.2) is 6.61 Å². The predicted octanol–water partition coefficient (Wildman–Crippen LogP) is 2.02. The van der Waals surface area contributed by atoms with Crippen LogP contribution in [0.2, 0.25) is 0 Å². The Hall–Kier alpha value is -2.35. The number of ether oxygens (including phenoxy) is 1. The highest BCUT2D eigenvalue weighted by molar-refractivity contribution is 9.10. The van der Waals surface area contributed by atoms with E-state index < -0.39 is 0 Å². The quantitative estimate of drug-likeness (QED) is 0.823. The number of aromatic nitrogens is 2. The second-order valence-corrected chi connectivity index (χ2v) is 7.37. The van der Waals surface area contributed by atoms with E-state index in [1.807, 2.05) is 12.3 Å². The topological polar surface area (TPSA) is 76.5 Å². The van der Waals surface area contributed by atoms with Crippen LogP contribution in [0.4, 0.5) is 5.69 Å². The molecule has 0 spiro atoms. The van der Waals surface area contributed by atoms with Crippen LogP contribution in [0.25, 0.3) is 0 Å². The summed E-state index contributed by atoms with van der Waals surface area (Å²) < 4.78 is 8.46. The third kappa shape index (κ3) is 3.46. The van der Waals surface area contributed by atoms with Crippen LogP contribution in [-0.2, 0) is 29.1 Å². The van der Waals surface area contributed by atoms with Gasteiger partial charge in [-0.05, 0) is 31.0 Å². The molecule has 7 nitrogen and oxygen atoms in total. The van der Waals surface area contributed by atoms with Gasteiger partial charge in [-0.25, -0.2) is 4.98 Å². The number of amides is 2. The van der Waals surface area contributed by atoms with E-state index in [2.05, 4.69) is 30.8 Å². The summed E-state index contributed by atoms with van der Waals surface area (Å²) >= 11 is 3.38. The lowest BCUT2D eigenvalue weighted by molar-refractivity contribution is -0.125. The SMILES string of the molecule is O=C(CN1C(=O)COc2cc(Br)ccc21)NCc1cn2c(n1)CCCC2. The summed E-state index contributed by atoms with van der Waals surface area (Å²) in [5, 5.41) is 2.86. The molecule has 0 unspecified atom stereocenters. The highest BCUT2D eigenvalue weighted by atomic mass is 79.9. The second-order valence-electron chi connectivity index (χ2n) is 6.46. The first kappa shape index (κ1) is 17.1. The number of carbonyl (C=O) groups is 2.